The van der Waals surface area contributed by atoms with E-state index in [-0.39, 0.29) is 29.3 Å². The monoisotopic (exact) mass is 455 g/mol. The van der Waals surface area contributed by atoms with Gasteiger partial charge in [0.2, 0.25) is 6.04 Å². The summed E-state index contributed by atoms with van der Waals surface area (Å²) >= 11 is 0. The van der Waals surface area contributed by atoms with Gasteiger partial charge in [0.15, 0.2) is 15.8 Å². The van der Waals surface area contributed by atoms with Crippen molar-refractivity contribution >= 4 is 21.8 Å². The zero-order chi connectivity index (χ0) is 23.3. The van der Waals surface area contributed by atoms with E-state index >= 15 is 0 Å². The quantitative estimate of drug-likeness (QED) is 0.236. The van der Waals surface area contributed by atoms with Crippen molar-refractivity contribution < 1.29 is 37.1 Å². The van der Waals surface area contributed by atoms with Crippen LogP contribution in [-0.4, -0.2) is 57.4 Å². The number of nitrogens with zero attached hydrogens (tertiary/aromatic N) is 1. The van der Waals surface area contributed by atoms with Gasteiger partial charge in [0, 0.05) is 16.4 Å². The fourth-order valence-corrected chi connectivity index (χ4v) is 5.88. The molecule has 1 aromatic rings. The van der Waals surface area contributed by atoms with Crippen molar-refractivity contribution in [1.29, 1.82) is 0 Å². The highest BCUT2D eigenvalue weighted by Gasteiger charge is 2.51. The molecule has 1 heterocycles. The third kappa shape index (κ3) is 5.04. The van der Waals surface area contributed by atoms with Gasteiger partial charge < -0.3 is 14.2 Å². The summed E-state index contributed by atoms with van der Waals surface area (Å²) in [4.78, 5) is 36.0. The molecular weight excluding hydrogens is 430 g/mol. The first-order valence-electron chi connectivity index (χ1n) is 9.63. The van der Waals surface area contributed by atoms with Crippen molar-refractivity contribution in [2.45, 2.75) is 32.7 Å². The fourth-order valence-electron chi connectivity index (χ4n) is 3.63. The number of allylic oxidation sites excluding steroid dienone is 1. The standard InChI is InChI=1S/C20H25NO9S/c1-5-29-19(22)17(20(23)30-6-2)16(13-7-9-14(28-4)10-8-13)18-12(3)15(21(24)25)11-31(18,26)27/h7-10,15-17H,5-6,11H2,1-4H3/t15-,16+/m0/s1. The van der Waals surface area contributed by atoms with Crippen LogP contribution in [0.1, 0.15) is 32.3 Å². The molecule has 0 saturated heterocycles. The number of carbonyl (C=O) groups is 2. The number of esters is 2. The van der Waals surface area contributed by atoms with Crippen LogP contribution in [0.15, 0.2) is 34.7 Å². The molecule has 2 atom stereocenters. The van der Waals surface area contributed by atoms with Gasteiger partial charge in [-0.1, -0.05) is 12.1 Å². The molecule has 1 aliphatic rings. The summed E-state index contributed by atoms with van der Waals surface area (Å²) in [7, 11) is -2.70. The average Bonchev–Trinajstić information content (AvgIpc) is 2.95. The van der Waals surface area contributed by atoms with E-state index in [1.807, 2.05) is 0 Å². The lowest BCUT2D eigenvalue weighted by Crippen LogP contribution is -2.35. The number of benzene rings is 1. The highest BCUT2D eigenvalue weighted by molar-refractivity contribution is 7.95. The molecule has 1 aromatic carbocycles. The third-order valence-electron chi connectivity index (χ3n) is 5.03. The van der Waals surface area contributed by atoms with Crippen LogP contribution in [-0.2, 0) is 28.9 Å². The third-order valence-corrected chi connectivity index (χ3v) is 7.03. The van der Waals surface area contributed by atoms with E-state index in [9.17, 15) is 28.1 Å². The van der Waals surface area contributed by atoms with E-state index < -0.39 is 50.3 Å². The van der Waals surface area contributed by atoms with Gasteiger partial charge in [-0.05, 0) is 38.5 Å². The van der Waals surface area contributed by atoms with E-state index in [0.29, 0.717) is 5.75 Å². The molecule has 0 aliphatic carbocycles. The first kappa shape index (κ1) is 24.3. The second-order valence-electron chi connectivity index (χ2n) is 6.86. The van der Waals surface area contributed by atoms with Crippen LogP contribution in [0.5, 0.6) is 5.75 Å². The molecule has 1 aliphatic heterocycles. The van der Waals surface area contributed by atoms with E-state index in [0.717, 1.165) is 0 Å². The number of sulfone groups is 1. The van der Waals surface area contributed by atoms with Crippen LogP contribution < -0.4 is 4.74 Å². The van der Waals surface area contributed by atoms with Crippen LogP contribution >= 0.6 is 0 Å². The largest absolute Gasteiger partial charge is 0.497 e. The molecule has 0 amide bonds. The van der Waals surface area contributed by atoms with E-state index in [2.05, 4.69) is 0 Å². The summed E-state index contributed by atoms with van der Waals surface area (Å²) in [5.74, 6) is -5.22. The molecule has 0 aromatic heterocycles. The lowest BCUT2D eigenvalue weighted by molar-refractivity contribution is -0.505. The Hall–Kier alpha value is -2.95. The maximum Gasteiger partial charge on any atom is 0.321 e. The summed E-state index contributed by atoms with van der Waals surface area (Å²) in [6.07, 6.45) is 0. The highest BCUT2D eigenvalue weighted by atomic mass is 32.2. The number of methoxy groups -OCH3 is 1. The predicted octanol–water partition coefficient (Wildman–Crippen LogP) is 1.87. The van der Waals surface area contributed by atoms with Crippen LogP contribution in [0.25, 0.3) is 0 Å². The fraction of sp³-hybridized carbons (Fsp3) is 0.500. The summed E-state index contributed by atoms with van der Waals surface area (Å²) in [6, 6.07) is 4.62. The number of ether oxygens (including phenoxy) is 3. The second-order valence-corrected chi connectivity index (χ2v) is 8.87. The Kier molecular flexibility index (Phi) is 7.77. The Balaban J connectivity index is 2.79. The van der Waals surface area contributed by atoms with Gasteiger partial charge in [0.05, 0.1) is 25.2 Å². The van der Waals surface area contributed by atoms with Gasteiger partial charge >= 0.3 is 11.9 Å². The van der Waals surface area contributed by atoms with Crippen LogP contribution in [0, 0.1) is 16.0 Å². The maximum atomic E-state index is 13.0. The maximum absolute atomic E-state index is 13.0. The van der Waals surface area contributed by atoms with Crippen LogP contribution in [0.4, 0.5) is 0 Å². The Morgan fingerprint density at radius 2 is 1.65 bits per heavy atom. The average molecular weight is 455 g/mol. The summed E-state index contributed by atoms with van der Waals surface area (Å²) in [5.41, 5.74) is 0.262. The number of nitro groups is 1. The zero-order valence-electron chi connectivity index (χ0n) is 17.7. The van der Waals surface area contributed by atoms with Crippen molar-refractivity contribution in [3.63, 3.8) is 0 Å². The first-order valence-corrected chi connectivity index (χ1v) is 11.3. The lowest BCUT2D eigenvalue weighted by atomic mass is 9.83. The van der Waals surface area contributed by atoms with Gasteiger partial charge in [0.1, 0.15) is 11.5 Å². The molecule has 0 spiro atoms. The minimum Gasteiger partial charge on any atom is -0.497 e. The summed E-state index contributed by atoms with van der Waals surface area (Å²) in [5, 5.41) is 11.4. The molecule has 0 fully saturated rings. The smallest absolute Gasteiger partial charge is 0.321 e. The molecule has 0 radical (unpaired) electrons. The molecule has 31 heavy (non-hydrogen) atoms. The van der Waals surface area contributed by atoms with Gasteiger partial charge in [-0.25, -0.2) is 8.42 Å². The number of carbonyl (C=O) groups excluding carboxylic acids is 2. The molecule has 11 heteroatoms. The summed E-state index contributed by atoms with van der Waals surface area (Å²) in [6.45, 7) is 4.32. The molecule has 170 valence electrons. The molecule has 0 unspecified atom stereocenters. The Morgan fingerprint density at radius 3 is 2.03 bits per heavy atom. The molecule has 2 rings (SSSR count). The molecule has 0 bridgehead atoms. The number of hydrogen-bond acceptors (Lipinski definition) is 9. The first-order chi connectivity index (χ1) is 14.6. The Bertz CT molecular complexity index is 964. The van der Waals surface area contributed by atoms with Crippen molar-refractivity contribution in [3.8, 4) is 5.75 Å². The molecule has 10 nitrogen and oxygen atoms in total. The van der Waals surface area contributed by atoms with Crippen molar-refractivity contribution in [3.05, 3.63) is 50.4 Å². The Morgan fingerprint density at radius 1 is 1.13 bits per heavy atom. The van der Waals surface area contributed by atoms with Gasteiger partial charge in [0.25, 0.3) is 0 Å². The van der Waals surface area contributed by atoms with Gasteiger partial charge in [-0.2, -0.15) is 0 Å². The minimum atomic E-state index is -4.14. The topological polar surface area (TPSA) is 139 Å². The molecule has 0 N–H and O–H groups in total. The van der Waals surface area contributed by atoms with E-state index in [1.165, 1.54) is 38.3 Å². The molecule has 0 saturated carbocycles. The normalized spacial score (nSPS) is 18.5. The second kappa shape index (κ2) is 9.90. The summed E-state index contributed by atoms with van der Waals surface area (Å²) < 4.78 is 41.2. The van der Waals surface area contributed by atoms with E-state index in [4.69, 9.17) is 14.2 Å². The number of hydrogen-bond donors (Lipinski definition) is 0. The molecular formula is C20H25NO9S. The van der Waals surface area contributed by atoms with E-state index in [1.54, 1.807) is 13.8 Å². The van der Waals surface area contributed by atoms with Crippen molar-refractivity contribution in [2.24, 2.45) is 5.92 Å². The van der Waals surface area contributed by atoms with Gasteiger partial charge in [-0.15, -0.1) is 0 Å². The lowest BCUT2D eigenvalue weighted by Gasteiger charge is -2.26. The highest BCUT2D eigenvalue weighted by Crippen LogP contribution is 2.43. The van der Waals surface area contributed by atoms with Gasteiger partial charge in [-0.3, -0.25) is 19.7 Å². The van der Waals surface area contributed by atoms with Crippen molar-refractivity contribution in [1.82, 2.24) is 0 Å². The SMILES string of the molecule is CCOC(=O)C(C(=O)OCC)[C@H](C1=C(C)[C@@H]([N+](=O)[O-])CS1(=O)=O)c1ccc(OC)cc1. The minimum absolute atomic E-state index is 0.0237. The zero-order valence-corrected chi connectivity index (χ0v) is 18.5. The number of rotatable bonds is 9. The predicted molar refractivity (Wildman–Crippen MR) is 110 cm³/mol. The van der Waals surface area contributed by atoms with Crippen LogP contribution in [0.2, 0.25) is 0 Å². The van der Waals surface area contributed by atoms with Crippen molar-refractivity contribution in [2.75, 3.05) is 26.1 Å². The van der Waals surface area contributed by atoms with Crippen LogP contribution in [0.3, 0.4) is 0 Å². The Labute approximate surface area is 180 Å².